The van der Waals surface area contributed by atoms with Crippen LogP contribution < -0.4 is 5.32 Å². The average Bonchev–Trinajstić information content (AvgIpc) is 3.39. The van der Waals surface area contributed by atoms with Crippen molar-refractivity contribution in [3.63, 3.8) is 0 Å². The normalized spacial score (nSPS) is 19.2. The first-order valence-corrected chi connectivity index (χ1v) is 8.88. The Kier molecular flexibility index (Phi) is 4.00. The Bertz CT molecular complexity index is 758. The van der Waals surface area contributed by atoms with Crippen LogP contribution in [0.15, 0.2) is 10.6 Å². The van der Waals surface area contributed by atoms with Crippen LogP contribution in [0.4, 0.5) is 0 Å². The van der Waals surface area contributed by atoms with Crippen molar-refractivity contribution in [2.24, 2.45) is 5.92 Å². The van der Waals surface area contributed by atoms with Crippen molar-refractivity contribution in [2.45, 2.75) is 38.5 Å². The quantitative estimate of drug-likeness (QED) is 0.933. The number of likely N-dealkylation sites (tertiary alicyclic amines) is 1. The molecule has 2 fully saturated rings. The van der Waals surface area contributed by atoms with Crippen molar-refractivity contribution in [3.05, 3.63) is 23.0 Å². The van der Waals surface area contributed by atoms with Gasteiger partial charge >= 0.3 is 0 Å². The van der Waals surface area contributed by atoms with Crippen LogP contribution in [0.1, 0.15) is 53.3 Å². The van der Waals surface area contributed by atoms with Gasteiger partial charge in [-0.15, -0.1) is 0 Å². The van der Waals surface area contributed by atoms with Crippen LogP contribution in [0, 0.1) is 12.8 Å². The van der Waals surface area contributed by atoms with Crippen molar-refractivity contribution in [1.29, 1.82) is 0 Å². The average molecular weight is 328 g/mol. The van der Waals surface area contributed by atoms with Gasteiger partial charge in [0, 0.05) is 24.7 Å². The summed E-state index contributed by atoms with van der Waals surface area (Å²) in [6.07, 6.45) is 4.40. The van der Waals surface area contributed by atoms with E-state index in [1.54, 1.807) is 0 Å². The predicted molar refractivity (Wildman–Crippen MR) is 91.1 cm³/mol. The van der Waals surface area contributed by atoms with Crippen LogP contribution in [0.2, 0.25) is 0 Å². The first-order chi connectivity index (χ1) is 11.7. The summed E-state index contributed by atoms with van der Waals surface area (Å²) in [4.78, 5) is 19.7. The lowest BCUT2D eigenvalue weighted by Crippen LogP contribution is -2.40. The molecule has 0 aromatic carbocycles. The lowest BCUT2D eigenvalue weighted by atomic mass is 9.96. The van der Waals surface area contributed by atoms with Crippen LogP contribution in [0.3, 0.4) is 0 Å². The van der Waals surface area contributed by atoms with Crippen LogP contribution in [0.5, 0.6) is 0 Å². The third kappa shape index (κ3) is 2.79. The van der Waals surface area contributed by atoms with Crippen LogP contribution in [-0.2, 0) is 0 Å². The van der Waals surface area contributed by atoms with Crippen molar-refractivity contribution >= 4 is 17.0 Å². The summed E-state index contributed by atoms with van der Waals surface area (Å²) < 4.78 is 5.35. The molecule has 2 aliphatic rings. The van der Waals surface area contributed by atoms with Gasteiger partial charge in [0.05, 0.1) is 16.6 Å². The molecule has 1 N–H and O–H groups in total. The molecule has 0 unspecified atom stereocenters. The number of hydrogen-bond donors (Lipinski definition) is 1. The fourth-order valence-electron chi connectivity index (χ4n) is 3.67. The Morgan fingerprint density at radius 3 is 2.75 bits per heavy atom. The molecule has 2 aromatic heterocycles. The van der Waals surface area contributed by atoms with Crippen LogP contribution in [0.25, 0.3) is 11.1 Å². The van der Waals surface area contributed by atoms with E-state index in [9.17, 15) is 4.79 Å². The van der Waals surface area contributed by atoms with E-state index in [1.807, 2.05) is 24.9 Å². The van der Waals surface area contributed by atoms with Gasteiger partial charge in [0.1, 0.15) is 0 Å². The smallest absolute Gasteiger partial charge is 0.259 e. The Morgan fingerprint density at radius 1 is 1.33 bits per heavy atom. The highest BCUT2D eigenvalue weighted by atomic mass is 16.5. The molecule has 128 valence electrons. The first kappa shape index (κ1) is 15.6. The highest BCUT2D eigenvalue weighted by Gasteiger charge is 2.31. The molecule has 24 heavy (non-hydrogen) atoms. The number of amides is 1. The lowest BCUT2D eigenvalue weighted by Gasteiger charge is -2.32. The number of nitrogens with zero attached hydrogens (tertiary/aromatic N) is 3. The second kappa shape index (κ2) is 6.16. The molecule has 6 nitrogen and oxygen atoms in total. The summed E-state index contributed by atoms with van der Waals surface area (Å²) in [5.41, 5.74) is 2.94. The molecule has 0 spiro atoms. The molecular weight excluding hydrogens is 304 g/mol. The topological polar surface area (TPSA) is 71.3 Å². The van der Waals surface area contributed by atoms with Gasteiger partial charge in [-0.2, -0.15) is 0 Å². The minimum atomic E-state index is 0.0958. The zero-order valence-electron chi connectivity index (χ0n) is 14.3. The molecule has 1 aliphatic heterocycles. The first-order valence-electron chi connectivity index (χ1n) is 8.88. The Balaban J connectivity index is 1.63. The van der Waals surface area contributed by atoms with Gasteiger partial charge in [-0.3, -0.25) is 4.79 Å². The standard InChI is InChI=1S/C18H24N4O2/c1-11-16-14(9-15(13-3-4-13)20-17(16)24-21-11)18(23)22-7-5-12(6-8-22)10-19-2/h9,12-13,19H,3-8,10H2,1-2H3. The summed E-state index contributed by atoms with van der Waals surface area (Å²) in [5.74, 6) is 1.24. The predicted octanol–water partition coefficient (Wildman–Crippen LogP) is 2.48. The number of hydrogen-bond acceptors (Lipinski definition) is 5. The third-order valence-corrected chi connectivity index (χ3v) is 5.26. The van der Waals surface area contributed by atoms with Crippen molar-refractivity contribution in [1.82, 2.24) is 20.4 Å². The number of fused-ring (bicyclic) bond motifs is 1. The minimum Gasteiger partial charge on any atom is -0.339 e. The van der Waals surface area contributed by atoms with E-state index in [0.717, 1.165) is 62.1 Å². The molecule has 3 heterocycles. The van der Waals surface area contributed by atoms with Gasteiger partial charge in [0.2, 0.25) is 0 Å². The number of carbonyl (C=O) groups is 1. The van der Waals surface area contributed by atoms with E-state index < -0.39 is 0 Å². The number of pyridine rings is 1. The molecule has 0 atom stereocenters. The fourth-order valence-corrected chi connectivity index (χ4v) is 3.67. The summed E-state index contributed by atoms with van der Waals surface area (Å²) in [5, 5.41) is 8.04. The Morgan fingerprint density at radius 2 is 2.08 bits per heavy atom. The summed E-state index contributed by atoms with van der Waals surface area (Å²) in [6.45, 7) is 4.54. The largest absolute Gasteiger partial charge is 0.339 e. The van der Waals surface area contributed by atoms with Crippen molar-refractivity contribution in [2.75, 3.05) is 26.7 Å². The van der Waals surface area contributed by atoms with E-state index in [2.05, 4.69) is 15.5 Å². The number of rotatable bonds is 4. The second-order valence-electron chi connectivity index (χ2n) is 7.11. The monoisotopic (exact) mass is 328 g/mol. The third-order valence-electron chi connectivity index (χ3n) is 5.26. The molecule has 2 aromatic rings. The zero-order valence-corrected chi connectivity index (χ0v) is 14.3. The minimum absolute atomic E-state index is 0.0958. The Labute approximate surface area is 141 Å². The van der Waals surface area contributed by atoms with Crippen molar-refractivity contribution in [3.8, 4) is 0 Å². The zero-order chi connectivity index (χ0) is 16.7. The SMILES string of the molecule is CNCC1CCN(C(=O)c2cc(C3CC3)nc3onc(C)c23)CC1. The van der Waals surface area contributed by atoms with E-state index in [0.29, 0.717) is 23.1 Å². The van der Waals surface area contributed by atoms with E-state index in [-0.39, 0.29) is 5.91 Å². The number of aryl methyl sites for hydroxylation is 1. The summed E-state index contributed by atoms with van der Waals surface area (Å²) in [7, 11) is 1.99. The number of piperidine rings is 1. The molecule has 0 radical (unpaired) electrons. The van der Waals surface area contributed by atoms with Gasteiger partial charge in [-0.05, 0) is 58.2 Å². The van der Waals surface area contributed by atoms with Gasteiger partial charge in [0.25, 0.3) is 11.6 Å². The second-order valence-corrected chi connectivity index (χ2v) is 7.11. The maximum atomic E-state index is 13.1. The van der Waals surface area contributed by atoms with E-state index in [4.69, 9.17) is 4.52 Å². The number of aromatic nitrogens is 2. The van der Waals surface area contributed by atoms with Crippen molar-refractivity contribution < 1.29 is 9.32 Å². The Hall–Kier alpha value is -1.95. The molecular formula is C18H24N4O2. The maximum Gasteiger partial charge on any atom is 0.259 e. The van der Waals surface area contributed by atoms with E-state index in [1.165, 1.54) is 0 Å². The number of nitrogens with one attached hydrogen (secondary N) is 1. The van der Waals surface area contributed by atoms with Crippen LogP contribution >= 0.6 is 0 Å². The molecule has 1 saturated heterocycles. The molecule has 1 saturated carbocycles. The summed E-state index contributed by atoms with van der Waals surface area (Å²) >= 11 is 0. The van der Waals surface area contributed by atoms with Gasteiger partial charge in [-0.1, -0.05) is 5.16 Å². The maximum absolute atomic E-state index is 13.1. The van der Waals surface area contributed by atoms with E-state index >= 15 is 0 Å². The fraction of sp³-hybridized carbons (Fsp3) is 0.611. The highest BCUT2D eigenvalue weighted by molar-refractivity contribution is 6.06. The molecule has 6 heteroatoms. The number of carbonyl (C=O) groups excluding carboxylic acids is 1. The van der Waals surface area contributed by atoms with Gasteiger partial charge < -0.3 is 14.7 Å². The van der Waals surface area contributed by atoms with Gasteiger partial charge in [0.15, 0.2) is 0 Å². The lowest BCUT2D eigenvalue weighted by molar-refractivity contribution is 0.0692. The molecule has 1 aliphatic carbocycles. The van der Waals surface area contributed by atoms with Crippen LogP contribution in [-0.4, -0.2) is 47.6 Å². The summed E-state index contributed by atoms with van der Waals surface area (Å²) in [6, 6.07) is 1.98. The van der Waals surface area contributed by atoms with Gasteiger partial charge in [-0.25, -0.2) is 4.98 Å². The molecule has 1 amide bonds. The molecule has 0 bridgehead atoms. The molecule has 4 rings (SSSR count). The highest BCUT2D eigenvalue weighted by Crippen LogP contribution is 2.40.